The van der Waals surface area contributed by atoms with Crippen LogP contribution in [0.2, 0.25) is 0 Å². The molecular weight excluding hydrogens is 269 g/mol. The fourth-order valence-electron chi connectivity index (χ4n) is 1.22. The number of halogens is 3. The Bertz CT molecular complexity index is 368. The molecule has 4 nitrogen and oxygen atoms in total. The van der Waals surface area contributed by atoms with Gasteiger partial charge < -0.3 is 14.4 Å². The van der Waals surface area contributed by atoms with E-state index in [9.17, 15) is 13.2 Å². The van der Waals surface area contributed by atoms with Gasteiger partial charge in [0.2, 0.25) is 0 Å². The molecule has 8 heteroatoms. The fraction of sp³-hybridized carbons (Fsp3) is 0.700. The predicted molar refractivity (Wildman–Crippen MR) is 61.3 cm³/mol. The summed E-state index contributed by atoms with van der Waals surface area (Å²) in [6.45, 7) is -1.21. The van der Waals surface area contributed by atoms with Crippen molar-refractivity contribution >= 4 is 11.8 Å². The summed E-state index contributed by atoms with van der Waals surface area (Å²) in [6, 6.07) is 0. The molecule has 1 heterocycles. The van der Waals surface area contributed by atoms with E-state index in [1.54, 1.807) is 17.8 Å². The zero-order valence-electron chi connectivity index (χ0n) is 9.90. The minimum atomic E-state index is -4.26. The molecule has 18 heavy (non-hydrogen) atoms. The zero-order valence-corrected chi connectivity index (χ0v) is 10.7. The number of aromatic nitrogens is 2. The van der Waals surface area contributed by atoms with Gasteiger partial charge >= 0.3 is 6.18 Å². The van der Waals surface area contributed by atoms with Crippen molar-refractivity contribution in [3.05, 3.63) is 11.9 Å². The lowest BCUT2D eigenvalue weighted by Crippen LogP contribution is -2.17. The van der Waals surface area contributed by atoms with E-state index in [-0.39, 0.29) is 13.2 Å². The SMILES string of the molecule is Cn1c(CO)cnc1SCCCOCC(F)(F)F. The molecule has 1 N–H and O–H groups in total. The van der Waals surface area contributed by atoms with Crippen LogP contribution >= 0.6 is 11.8 Å². The number of hydrogen-bond acceptors (Lipinski definition) is 4. The number of rotatable bonds is 7. The van der Waals surface area contributed by atoms with E-state index >= 15 is 0 Å². The van der Waals surface area contributed by atoms with Crippen molar-refractivity contribution in [3.63, 3.8) is 0 Å². The van der Waals surface area contributed by atoms with Crippen LogP contribution in [-0.2, 0) is 18.4 Å². The highest BCUT2D eigenvalue weighted by Gasteiger charge is 2.27. The molecular formula is C10H15F3N2O2S. The first-order chi connectivity index (χ1) is 8.44. The molecule has 1 aromatic rings. The van der Waals surface area contributed by atoms with Crippen LogP contribution in [0, 0.1) is 0 Å². The number of imidazole rings is 1. The standard InChI is InChI=1S/C10H15F3N2O2S/c1-15-8(6-16)5-14-9(15)18-4-2-3-17-7-10(11,12)13/h5,16H,2-4,6-7H2,1H3. The monoisotopic (exact) mass is 284 g/mol. The average molecular weight is 284 g/mol. The molecule has 0 saturated carbocycles. The summed E-state index contributed by atoms with van der Waals surface area (Å²) in [5.74, 6) is 0.619. The first-order valence-electron chi connectivity index (χ1n) is 5.33. The van der Waals surface area contributed by atoms with Gasteiger partial charge in [-0.2, -0.15) is 13.2 Å². The minimum absolute atomic E-state index is 0.0732. The molecule has 0 aromatic carbocycles. The van der Waals surface area contributed by atoms with Crippen molar-refractivity contribution in [2.45, 2.75) is 24.4 Å². The lowest BCUT2D eigenvalue weighted by Gasteiger charge is -2.07. The second kappa shape index (κ2) is 7.01. The molecule has 0 aliphatic carbocycles. The molecule has 0 bridgehead atoms. The molecule has 0 aliphatic rings. The average Bonchev–Trinajstić information content (AvgIpc) is 2.63. The molecule has 1 aromatic heterocycles. The van der Waals surface area contributed by atoms with Crippen molar-refractivity contribution in [1.29, 1.82) is 0 Å². The molecule has 0 fully saturated rings. The Hall–Kier alpha value is -0.730. The van der Waals surface area contributed by atoms with Crippen LogP contribution in [0.5, 0.6) is 0 Å². The lowest BCUT2D eigenvalue weighted by molar-refractivity contribution is -0.173. The van der Waals surface area contributed by atoms with E-state index in [0.29, 0.717) is 17.9 Å². The summed E-state index contributed by atoms with van der Waals surface area (Å²) in [7, 11) is 1.78. The molecule has 0 saturated heterocycles. The van der Waals surface area contributed by atoms with Crippen LogP contribution in [0.25, 0.3) is 0 Å². The van der Waals surface area contributed by atoms with Crippen LogP contribution in [0.1, 0.15) is 12.1 Å². The Labute approximate surface area is 107 Å². The van der Waals surface area contributed by atoms with Crippen molar-refractivity contribution in [3.8, 4) is 0 Å². The number of aliphatic hydroxyl groups excluding tert-OH is 1. The summed E-state index contributed by atoms with van der Waals surface area (Å²) < 4.78 is 41.5. The van der Waals surface area contributed by atoms with Gasteiger partial charge in [-0.25, -0.2) is 4.98 Å². The van der Waals surface area contributed by atoms with Gasteiger partial charge in [-0.1, -0.05) is 11.8 Å². The van der Waals surface area contributed by atoms with E-state index in [0.717, 1.165) is 5.16 Å². The van der Waals surface area contributed by atoms with Crippen LogP contribution in [-0.4, -0.2) is 39.8 Å². The van der Waals surface area contributed by atoms with Gasteiger partial charge in [0.1, 0.15) is 6.61 Å². The van der Waals surface area contributed by atoms with Gasteiger partial charge in [0.25, 0.3) is 0 Å². The third-order valence-corrected chi connectivity index (χ3v) is 3.26. The van der Waals surface area contributed by atoms with Gasteiger partial charge in [0, 0.05) is 19.4 Å². The van der Waals surface area contributed by atoms with Gasteiger partial charge in [-0.15, -0.1) is 0 Å². The number of nitrogens with zero attached hydrogens (tertiary/aromatic N) is 2. The summed E-state index contributed by atoms with van der Waals surface area (Å²) in [4.78, 5) is 4.09. The first kappa shape index (κ1) is 15.3. The molecule has 0 radical (unpaired) electrons. The third-order valence-electron chi connectivity index (χ3n) is 2.13. The summed E-state index contributed by atoms with van der Waals surface area (Å²) in [6.07, 6.45) is -2.17. The highest BCUT2D eigenvalue weighted by molar-refractivity contribution is 7.99. The fourth-order valence-corrected chi connectivity index (χ4v) is 2.10. The van der Waals surface area contributed by atoms with Crippen molar-refractivity contribution in [1.82, 2.24) is 9.55 Å². The first-order valence-corrected chi connectivity index (χ1v) is 6.31. The van der Waals surface area contributed by atoms with E-state index in [4.69, 9.17) is 5.11 Å². The van der Waals surface area contributed by atoms with E-state index in [1.807, 2.05) is 0 Å². The molecule has 104 valence electrons. The highest BCUT2D eigenvalue weighted by Crippen LogP contribution is 2.18. The number of alkyl halides is 3. The van der Waals surface area contributed by atoms with Gasteiger partial charge in [0.05, 0.1) is 18.5 Å². The summed E-state index contributed by atoms with van der Waals surface area (Å²) >= 11 is 1.42. The smallest absolute Gasteiger partial charge is 0.390 e. The van der Waals surface area contributed by atoms with E-state index < -0.39 is 12.8 Å². The molecule has 0 unspecified atom stereocenters. The topological polar surface area (TPSA) is 47.3 Å². The summed E-state index contributed by atoms with van der Waals surface area (Å²) in [5, 5.41) is 9.68. The maximum absolute atomic E-state index is 11.8. The Kier molecular flexibility index (Phi) is 5.97. The second-order valence-electron chi connectivity index (χ2n) is 3.62. The summed E-state index contributed by atoms with van der Waals surface area (Å²) in [5.41, 5.74) is 0.700. The van der Waals surface area contributed by atoms with Crippen molar-refractivity contribution < 1.29 is 23.0 Å². The maximum Gasteiger partial charge on any atom is 0.411 e. The largest absolute Gasteiger partial charge is 0.411 e. The second-order valence-corrected chi connectivity index (χ2v) is 4.68. The maximum atomic E-state index is 11.8. The third kappa shape index (κ3) is 5.28. The predicted octanol–water partition coefficient (Wildman–Crippen LogP) is 1.97. The number of thioether (sulfide) groups is 1. The van der Waals surface area contributed by atoms with Crippen molar-refractivity contribution in [2.75, 3.05) is 19.0 Å². The highest BCUT2D eigenvalue weighted by atomic mass is 32.2. The van der Waals surface area contributed by atoms with Crippen molar-refractivity contribution in [2.24, 2.45) is 7.05 Å². The van der Waals surface area contributed by atoms with Crippen LogP contribution in [0.15, 0.2) is 11.4 Å². The van der Waals surface area contributed by atoms with Gasteiger partial charge in [-0.3, -0.25) is 0 Å². The van der Waals surface area contributed by atoms with E-state index in [1.165, 1.54) is 11.8 Å². The Morgan fingerprint density at radius 2 is 2.22 bits per heavy atom. The quantitative estimate of drug-likeness (QED) is 0.614. The number of ether oxygens (including phenoxy) is 1. The van der Waals surface area contributed by atoms with Gasteiger partial charge in [-0.05, 0) is 6.42 Å². The molecule has 0 spiro atoms. The Morgan fingerprint density at radius 3 is 2.78 bits per heavy atom. The lowest BCUT2D eigenvalue weighted by atomic mass is 10.5. The van der Waals surface area contributed by atoms with Crippen LogP contribution in [0.3, 0.4) is 0 Å². The molecule has 0 amide bonds. The normalized spacial score (nSPS) is 12.1. The molecule has 1 rings (SSSR count). The van der Waals surface area contributed by atoms with E-state index in [2.05, 4.69) is 9.72 Å². The number of hydrogen-bond donors (Lipinski definition) is 1. The van der Waals surface area contributed by atoms with Crippen LogP contribution < -0.4 is 0 Å². The molecule has 0 atom stereocenters. The Balaban J connectivity index is 2.16. The zero-order chi connectivity index (χ0) is 13.6. The van der Waals surface area contributed by atoms with Gasteiger partial charge in [0.15, 0.2) is 5.16 Å². The Morgan fingerprint density at radius 1 is 1.50 bits per heavy atom. The molecule has 0 aliphatic heterocycles. The van der Waals surface area contributed by atoms with Crippen LogP contribution in [0.4, 0.5) is 13.2 Å². The number of aliphatic hydroxyl groups is 1. The minimum Gasteiger partial charge on any atom is -0.390 e.